The number of benzene rings is 2. The number of aryl methyl sites for hydroxylation is 2. The molecular weight excluding hydrogens is 376 g/mol. The number of rotatable bonds is 14. The van der Waals surface area contributed by atoms with Gasteiger partial charge in [0.25, 0.3) is 0 Å². The molecular formula is C26H36O4. The predicted octanol–water partition coefficient (Wildman–Crippen LogP) is 6.75. The van der Waals surface area contributed by atoms with Gasteiger partial charge in [-0.05, 0) is 80.3 Å². The van der Waals surface area contributed by atoms with Crippen molar-refractivity contribution < 1.29 is 20.4 Å². The largest absolute Gasteiger partial charge is 0.508 e. The zero-order chi connectivity index (χ0) is 21.6. The Kier molecular flexibility index (Phi) is 10.7. The van der Waals surface area contributed by atoms with Crippen molar-refractivity contribution in [1.29, 1.82) is 0 Å². The Morgan fingerprint density at radius 2 is 0.800 bits per heavy atom. The maximum Gasteiger partial charge on any atom is 0.119 e. The van der Waals surface area contributed by atoms with Crippen molar-refractivity contribution in [1.82, 2.24) is 0 Å². The van der Waals surface area contributed by atoms with Crippen LogP contribution in [-0.2, 0) is 12.8 Å². The summed E-state index contributed by atoms with van der Waals surface area (Å²) in [7, 11) is 0. The Morgan fingerprint density at radius 1 is 0.433 bits per heavy atom. The number of phenolic OH excluding ortho intramolecular Hbond substituents is 4. The second-order valence-corrected chi connectivity index (χ2v) is 8.09. The van der Waals surface area contributed by atoms with E-state index in [4.69, 9.17) is 0 Å². The number of allylic oxidation sites excluding steroid dienone is 2. The molecule has 2 rings (SSSR count). The SMILES string of the molecule is Oc1cc(O)cc(CCCC=CCCCCCCCCCc2cc(O)cc(O)c2)c1. The summed E-state index contributed by atoms with van der Waals surface area (Å²) in [5, 5.41) is 37.9. The minimum atomic E-state index is 0.123. The molecule has 2 aromatic rings. The molecule has 0 aliphatic rings. The standard InChI is InChI=1S/C26H36O4/c27-23-15-21(16-24(28)19-23)13-11-9-7-5-3-1-2-4-6-8-10-12-14-22-17-25(29)20-26(30)18-22/h5,7,15-20,27-30H,1-4,6,8-14H2. The molecule has 0 bridgehead atoms. The molecule has 0 saturated heterocycles. The van der Waals surface area contributed by atoms with Gasteiger partial charge in [-0.25, -0.2) is 0 Å². The third-order valence-electron chi connectivity index (χ3n) is 5.26. The van der Waals surface area contributed by atoms with Gasteiger partial charge in [-0.3, -0.25) is 0 Å². The van der Waals surface area contributed by atoms with Gasteiger partial charge in [0.1, 0.15) is 23.0 Å². The third-order valence-corrected chi connectivity index (χ3v) is 5.26. The molecule has 164 valence electrons. The molecule has 30 heavy (non-hydrogen) atoms. The van der Waals surface area contributed by atoms with Crippen molar-refractivity contribution in [3.8, 4) is 23.0 Å². The molecule has 4 heteroatoms. The third kappa shape index (κ3) is 10.2. The van der Waals surface area contributed by atoms with Crippen molar-refractivity contribution >= 4 is 0 Å². The molecule has 0 spiro atoms. The summed E-state index contributed by atoms with van der Waals surface area (Å²) in [5.41, 5.74) is 1.97. The van der Waals surface area contributed by atoms with Crippen LogP contribution in [0.25, 0.3) is 0 Å². The lowest BCUT2D eigenvalue weighted by atomic mass is 10.0. The van der Waals surface area contributed by atoms with Crippen LogP contribution in [0, 0.1) is 0 Å². The van der Waals surface area contributed by atoms with E-state index >= 15 is 0 Å². The fourth-order valence-corrected chi connectivity index (χ4v) is 3.74. The van der Waals surface area contributed by atoms with Crippen LogP contribution >= 0.6 is 0 Å². The first-order valence-corrected chi connectivity index (χ1v) is 11.2. The van der Waals surface area contributed by atoms with Gasteiger partial charge in [0, 0.05) is 12.1 Å². The minimum Gasteiger partial charge on any atom is -0.508 e. The van der Waals surface area contributed by atoms with E-state index in [0.29, 0.717) is 0 Å². The number of aromatic hydroxyl groups is 4. The average Bonchev–Trinajstić information content (AvgIpc) is 2.66. The van der Waals surface area contributed by atoms with Gasteiger partial charge in [0.2, 0.25) is 0 Å². The summed E-state index contributed by atoms with van der Waals surface area (Å²) in [6.45, 7) is 0. The highest BCUT2D eigenvalue weighted by molar-refractivity contribution is 5.37. The molecule has 0 aromatic heterocycles. The maximum atomic E-state index is 9.48. The molecule has 0 fully saturated rings. The summed E-state index contributed by atoms with van der Waals surface area (Å²) < 4.78 is 0. The van der Waals surface area contributed by atoms with Gasteiger partial charge in [0.15, 0.2) is 0 Å². The lowest BCUT2D eigenvalue weighted by molar-refractivity contribution is 0.448. The van der Waals surface area contributed by atoms with Crippen molar-refractivity contribution in [3.63, 3.8) is 0 Å². The Balaban J connectivity index is 1.40. The van der Waals surface area contributed by atoms with Gasteiger partial charge in [-0.2, -0.15) is 0 Å². The summed E-state index contributed by atoms with van der Waals surface area (Å²) in [5.74, 6) is 0.515. The molecule has 0 aliphatic heterocycles. The van der Waals surface area contributed by atoms with Crippen LogP contribution in [0.2, 0.25) is 0 Å². The van der Waals surface area contributed by atoms with E-state index < -0.39 is 0 Å². The van der Waals surface area contributed by atoms with E-state index in [1.807, 2.05) is 0 Å². The molecule has 2 aromatic carbocycles. The van der Waals surface area contributed by atoms with Crippen molar-refractivity contribution in [2.75, 3.05) is 0 Å². The molecule has 0 heterocycles. The molecule has 0 radical (unpaired) electrons. The zero-order valence-corrected chi connectivity index (χ0v) is 17.9. The van der Waals surface area contributed by atoms with Gasteiger partial charge < -0.3 is 20.4 Å². The lowest BCUT2D eigenvalue weighted by Crippen LogP contribution is -1.87. The normalized spacial score (nSPS) is 11.3. The van der Waals surface area contributed by atoms with Gasteiger partial charge in [0.05, 0.1) is 0 Å². The monoisotopic (exact) mass is 412 g/mol. The molecule has 0 amide bonds. The van der Waals surface area contributed by atoms with Gasteiger partial charge in [-0.15, -0.1) is 0 Å². The van der Waals surface area contributed by atoms with Crippen molar-refractivity contribution in [3.05, 3.63) is 59.7 Å². The van der Waals surface area contributed by atoms with Crippen LogP contribution in [0.1, 0.15) is 75.3 Å². The first-order chi connectivity index (χ1) is 14.5. The fraction of sp³-hybridized carbons (Fsp3) is 0.462. The Labute approximate surface area is 180 Å². The average molecular weight is 413 g/mol. The van der Waals surface area contributed by atoms with Crippen LogP contribution < -0.4 is 0 Å². The van der Waals surface area contributed by atoms with Crippen molar-refractivity contribution in [2.45, 2.75) is 77.0 Å². The van der Waals surface area contributed by atoms with Gasteiger partial charge >= 0.3 is 0 Å². The van der Waals surface area contributed by atoms with Crippen LogP contribution in [-0.4, -0.2) is 20.4 Å². The second kappa shape index (κ2) is 13.6. The van der Waals surface area contributed by atoms with E-state index in [9.17, 15) is 20.4 Å². The van der Waals surface area contributed by atoms with Crippen LogP contribution in [0.4, 0.5) is 0 Å². The highest BCUT2D eigenvalue weighted by atomic mass is 16.3. The summed E-state index contributed by atoms with van der Waals surface area (Å²) in [4.78, 5) is 0. The van der Waals surface area contributed by atoms with Crippen LogP contribution in [0.5, 0.6) is 23.0 Å². The summed E-state index contributed by atoms with van der Waals surface area (Å²) in [6, 6.07) is 9.59. The molecule has 0 atom stereocenters. The Hall–Kier alpha value is -2.62. The van der Waals surface area contributed by atoms with E-state index in [-0.39, 0.29) is 23.0 Å². The maximum absolute atomic E-state index is 9.48. The van der Waals surface area contributed by atoms with Gasteiger partial charge in [-0.1, -0.05) is 44.3 Å². The van der Waals surface area contributed by atoms with E-state index in [1.165, 1.54) is 50.7 Å². The molecule has 0 unspecified atom stereocenters. The second-order valence-electron chi connectivity index (χ2n) is 8.09. The first kappa shape index (κ1) is 23.7. The number of phenols is 4. The molecule has 4 N–H and O–H groups in total. The van der Waals surface area contributed by atoms with Crippen molar-refractivity contribution in [2.24, 2.45) is 0 Å². The fourth-order valence-electron chi connectivity index (χ4n) is 3.74. The molecule has 4 nitrogen and oxygen atoms in total. The summed E-state index contributed by atoms with van der Waals surface area (Å²) in [6.07, 6.45) is 18.0. The Morgan fingerprint density at radius 3 is 1.30 bits per heavy atom. The summed E-state index contributed by atoms with van der Waals surface area (Å²) >= 11 is 0. The first-order valence-electron chi connectivity index (χ1n) is 11.2. The number of hydrogen-bond donors (Lipinski definition) is 4. The quantitative estimate of drug-likeness (QED) is 0.204. The smallest absolute Gasteiger partial charge is 0.119 e. The van der Waals surface area contributed by atoms with E-state index in [1.54, 1.807) is 24.3 Å². The van der Waals surface area contributed by atoms with E-state index in [2.05, 4.69) is 12.2 Å². The number of unbranched alkanes of at least 4 members (excludes halogenated alkanes) is 8. The van der Waals surface area contributed by atoms with Crippen LogP contribution in [0.3, 0.4) is 0 Å². The highest BCUT2D eigenvalue weighted by Crippen LogP contribution is 2.23. The Bertz CT molecular complexity index is 742. The lowest BCUT2D eigenvalue weighted by Gasteiger charge is -2.04. The highest BCUT2D eigenvalue weighted by Gasteiger charge is 2.00. The minimum absolute atomic E-state index is 0.123. The van der Waals surface area contributed by atoms with Crippen LogP contribution in [0.15, 0.2) is 48.6 Å². The van der Waals surface area contributed by atoms with E-state index in [0.717, 1.165) is 49.7 Å². The molecule has 0 saturated carbocycles. The predicted molar refractivity (Wildman–Crippen MR) is 122 cm³/mol. The zero-order valence-electron chi connectivity index (χ0n) is 17.9. The molecule has 0 aliphatic carbocycles. The topological polar surface area (TPSA) is 80.9 Å². The number of hydrogen-bond acceptors (Lipinski definition) is 4.